The van der Waals surface area contributed by atoms with E-state index < -0.39 is 8.25 Å². The van der Waals surface area contributed by atoms with Crippen LogP contribution in [0.5, 0.6) is 0 Å². The van der Waals surface area contributed by atoms with Crippen molar-refractivity contribution in [3.05, 3.63) is 11.3 Å². The molecule has 0 bridgehead atoms. The lowest BCUT2D eigenvalue weighted by molar-refractivity contribution is 0.339. The Morgan fingerprint density at radius 3 is 2.27 bits per heavy atom. The maximum atomic E-state index is 10.3. The van der Waals surface area contributed by atoms with E-state index >= 15 is 0 Å². The molecule has 0 aromatic heterocycles. The Morgan fingerprint density at radius 1 is 1.45 bits per heavy atom. The van der Waals surface area contributed by atoms with Crippen molar-refractivity contribution in [1.29, 1.82) is 0 Å². The van der Waals surface area contributed by atoms with E-state index in [4.69, 9.17) is 9.42 Å². The highest BCUT2D eigenvalue weighted by molar-refractivity contribution is 7.32. The average Bonchev–Trinajstić information content (AvgIpc) is 1.98. The maximum Gasteiger partial charge on any atom is 0.747 e. The van der Waals surface area contributed by atoms with Crippen LogP contribution in [0, 0.1) is 0 Å². The molecule has 64 valence electrons. The minimum absolute atomic E-state index is 0.635. The molecular weight excluding hydrogens is 163 g/mol. The number of hydrogen-bond acceptors (Lipinski definition) is 2. The van der Waals surface area contributed by atoms with Crippen LogP contribution >= 0.6 is 8.25 Å². The van der Waals surface area contributed by atoms with Crippen molar-refractivity contribution in [2.24, 2.45) is 0 Å². The van der Waals surface area contributed by atoms with Crippen LogP contribution in [-0.2, 0) is 9.09 Å². The van der Waals surface area contributed by atoms with Crippen LogP contribution in [0.25, 0.3) is 0 Å². The van der Waals surface area contributed by atoms with Gasteiger partial charge in [0, 0.05) is 11.0 Å². The third kappa shape index (κ3) is 4.12. The van der Waals surface area contributed by atoms with Crippen molar-refractivity contribution in [2.75, 3.05) is 0 Å². The van der Waals surface area contributed by atoms with Crippen molar-refractivity contribution in [2.45, 2.75) is 33.6 Å². The summed E-state index contributed by atoms with van der Waals surface area (Å²) in [5, 5.41) is 0. The van der Waals surface area contributed by atoms with E-state index in [1.165, 1.54) is 0 Å². The molecule has 0 fully saturated rings. The topological polar surface area (TPSA) is 46.5 Å². The van der Waals surface area contributed by atoms with Crippen LogP contribution in [0.2, 0.25) is 0 Å². The maximum absolute atomic E-state index is 10.3. The lowest BCUT2D eigenvalue weighted by Crippen LogP contribution is -1.87. The first-order chi connectivity index (χ1) is 5.11. The lowest BCUT2D eigenvalue weighted by Gasteiger charge is -1.99. The molecule has 0 spiro atoms. The van der Waals surface area contributed by atoms with Gasteiger partial charge in [0.2, 0.25) is 0 Å². The highest BCUT2D eigenvalue weighted by Crippen LogP contribution is 2.25. The van der Waals surface area contributed by atoms with Crippen molar-refractivity contribution in [3.63, 3.8) is 0 Å². The van der Waals surface area contributed by atoms with Gasteiger partial charge in [-0.05, 0) is 18.9 Å². The molecule has 4 heteroatoms. The molecule has 0 rings (SSSR count). The Kier molecular flexibility index (Phi) is 5.08. The Morgan fingerprint density at radius 2 is 2.00 bits per heavy atom. The minimum Gasteiger partial charge on any atom is -0.234 e. The molecule has 0 aromatic rings. The van der Waals surface area contributed by atoms with Crippen LogP contribution in [0.1, 0.15) is 33.6 Å². The largest absolute Gasteiger partial charge is 0.747 e. The number of allylic oxidation sites excluding steroid dienone is 2. The Labute approximate surface area is 68.0 Å². The number of hydrogen-bond donors (Lipinski definition) is 1. The third-order valence-electron chi connectivity index (χ3n) is 1.52. The van der Waals surface area contributed by atoms with E-state index in [1.54, 1.807) is 0 Å². The van der Waals surface area contributed by atoms with Gasteiger partial charge in [-0.25, -0.2) is 4.52 Å². The normalized spacial score (nSPS) is 14.0. The summed E-state index contributed by atoms with van der Waals surface area (Å²) in [6.45, 7) is 5.78. The summed E-state index contributed by atoms with van der Waals surface area (Å²) in [6, 6.07) is 0. The molecule has 1 atom stereocenters. The summed E-state index contributed by atoms with van der Waals surface area (Å²) in [6.07, 6.45) is 1.52. The van der Waals surface area contributed by atoms with Gasteiger partial charge in [-0.1, -0.05) is 13.8 Å². The molecule has 0 aliphatic carbocycles. The third-order valence-corrected chi connectivity index (χ3v) is 1.89. The van der Waals surface area contributed by atoms with E-state index in [9.17, 15) is 4.57 Å². The molecule has 0 heterocycles. The highest BCUT2D eigenvalue weighted by atomic mass is 31.1. The average molecular weight is 177 g/mol. The van der Waals surface area contributed by atoms with E-state index in [2.05, 4.69) is 0 Å². The second-order valence-corrected chi connectivity index (χ2v) is 2.90. The SMILES string of the molecule is CCC(C)=C(CC)O[P+](=O)O. The molecule has 0 aliphatic rings. The Bertz CT molecular complexity index is 175. The first kappa shape index (κ1) is 10.6. The van der Waals surface area contributed by atoms with Crippen LogP contribution in [0.4, 0.5) is 0 Å². The van der Waals surface area contributed by atoms with Gasteiger partial charge in [0.15, 0.2) is 5.76 Å². The molecule has 0 aliphatic heterocycles. The Hall–Kier alpha value is -0.400. The monoisotopic (exact) mass is 177 g/mol. The zero-order chi connectivity index (χ0) is 8.85. The van der Waals surface area contributed by atoms with Gasteiger partial charge >= 0.3 is 8.25 Å². The predicted molar refractivity (Wildman–Crippen MR) is 44.2 cm³/mol. The van der Waals surface area contributed by atoms with Gasteiger partial charge in [-0.2, -0.15) is 0 Å². The van der Waals surface area contributed by atoms with E-state index in [-0.39, 0.29) is 0 Å². The molecular formula is C7H14O3P+. The van der Waals surface area contributed by atoms with Gasteiger partial charge in [0.05, 0.1) is 0 Å². The molecule has 3 nitrogen and oxygen atoms in total. The summed E-state index contributed by atoms with van der Waals surface area (Å²) in [5.41, 5.74) is 1.03. The van der Waals surface area contributed by atoms with Crippen molar-refractivity contribution < 1.29 is 14.0 Å². The summed E-state index contributed by atoms with van der Waals surface area (Å²) in [4.78, 5) is 8.45. The fourth-order valence-corrected chi connectivity index (χ4v) is 1.21. The summed E-state index contributed by atoms with van der Waals surface area (Å²) >= 11 is 0. The van der Waals surface area contributed by atoms with E-state index in [0.29, 0.717) is 12.2 Å². The number of rotatable bonds is 4. The fraction of sp³-hybridized carbons (Fsp3) is 0.714. The second kappa shape index (κ2) is 5.28. The van der Waals surface area contributed by atoms with E-state index in [1.807, 2.05) is 20.8 Å². The Balaban J connectivity index is 4.26. The van der Waals surface area contributed by atoms with Gasteiger partial charge in [0.1, 0.15) is 0 Å². The molecule has 0 aromatic carbocycles. The van der Waals surface area contributed by atoms with E-state index in [0.717, 1.165) is 12.0 Å². The van der Waals surface area contributed by atoms with Crippen molar-refractivity contribution >= 4 is 8.25 Å². The van der Waals surface area contributed by atoms with Gasteiger partial charge in [-0.3, -0.25) is 0 Å². The molecule has 0 saturated heterocycles. The molecule has 0 radical (unpaired) electrons. The molecule has 11 heavy (non-hydrogen) atoms. The smallest absolute Gasteiger partial charge is 0.234 e. The summed E-state index contributed by atoms with van der Waals surface area (Å²) < 4.78 is 15.0. The molecule has 0 saturated carbocycles. The van der Waals surface area contributed by atoms with Crippen LogP contribution in [-0.4, -0.2) is 4.89 Å². The van der Waals surface area contributed by atoms with Crippen LogP contribution < -0.4 is 0 Å². The van der Waals surface area contributed by atoms with Crippen molar-refractivity contribution in [3.8, 4) is 0 Å². The fourth-order valence-electron chi connectivity index (χ4n) is 0.736. The molecule has 1 unspecified atom stereocenters. The molecule has 0 amide bonds. The quantitative estimate of drug-likeness (QED) is 0.530. The van der Waals surface area contributed by atoms with Gasteiger partial charge in [-0.15, -0.1) is 4.89 Å². The first-order valence-electron chi connectivity index (χ1n) is 3.64. The predicted octanol–water partition coefficient (Wildman–Crippen LogP) is 2.75. The standard InChI is InChI=1S/C7H13O3P/c1-4-6(3)7(5-2)10-11(8)9/h4-5H2,1-3H3/p+1. The zero-order valence-corrected chi connectivity index (χ0v) is 8.02. The second-order valence-electron chi connectivity index (χ2n) is 2.24. The lowest BCUT2D eigenvalue weighted by atomic mass is 10.2. The first-order valence-corrected chi connectivity index (χ1v) is 4.77. The van der Waals surface area contributed by atoms with Gasteiger partial charge < -0.3 is 0 Å². The summed E-state index contributed by atoms with van der Waals surface area (Å²) in [5.74, 6) is 0.635. The van der Waals surface area contributed by atoms with Crippen LogP contribution in [0.3, 0.4) is 0 Å². The molecule has 1 N–H and O–H groups in total. The highest BCUT2D eigenvalue weighted by Gasteiger charge is 2.16. The zero-order valence-electron chi connectivity index (χ0n) is 7.13. The van der Waals surface area contributed by atoms with Crippen molar-refractivity contribution in [1.82, 2.24) is 0 Å². The summed E-state index contributed by atoms with van der Waals surface area (Å²) in [7, 11) is -2.49. The minimum atomic E-state index is -2.49. The van der Waals surface area contributed by atoms with Gasteiger partial charge in [0.25, 0.3) is 0 Å². The van der Waals surface area contributed by atoms with Crippen LogP contribution in [0.15, 0.2) is 11.3 Å².